The van der Waals surface area contributed by atoms with Crippen LogP contribution in [0.3, 0.4) is 0 Å². The van der Waals surface area contributed by atoms with Crippen LogP contribution >= 0.6 is 11.8 Å². The molecule has 0 amide bonds. The zero-order valence-corrected chi connectivity index (χ0v) is 15.5. The Hall–Kier alpha value is -1.59. The van der Waals surface area contributed by atoms with Crippen molar-refractivity contribution >= 4 is 11.8 Å². The van der Waals surface area contributed by atoms with Crippen molar-refractivity contribution in [2.24, 2.45) is 0 Å². The van der Waals surface area contributed by atoms with Crippen LogP contribution in [0.25, 0.3) is 0 Å². The molecular weight excluding hydrogens is 332 g/mol. The van der Waals surface area contributed by atoms with Gasteiger partial charge in [0.05, 0.1) is 12.6 Å². The zero-order chi connectivity index (χ0) is 17.2. The highest BCUT2D eigenvalue weighted by Crippen LogP contribution is 2.31. The van der Waals surface area contributed by atoms with E-state index in [1.165, 1.54) is 22.4 Å². The lowest BCUT2D eigenvalue weighted by atomic mass is 10.2. The van der Waals surface area contributed by atoms with Gasteiger partial charge in [0.25, 0.3) is 0 Å². The summed E-state index contributed by atoms with van der Waals surface area (Å²) >= 11 is 1.70. The molecule has 4 rings (SSSR count). The first kappa shape index (κ1) is 16.9. The molecule has 2 heterocycles. The zero-order valence-electron chi connectivity index (χ0n) is 14.7. The Morgan fingerprint density at radius 2 is 2.24 bits per heavy atom. The summed E-state index contributed by atoms with van der Waals surface area (Å²) in [5.41, 5.74) is 4.92. The van der Waals surface area contributed by atoms with Crippen LogP contribution in [0.2, 0.25) is 0 Å². The number of aromatic nitrogens is 2. The first-order valence-electron chi connectivity index (χ1n) is 9.13. The fourth-order valence-electron chi connectivity index (χ4n) is 3.84. The van der Waals surface area contributed by atoms with Gasteiger partial charge in [-0.2, -0.15) is 4.98 Å². The number of hydrogen-bond acceptors (Lipinski definition) is 4. The van der Waals surface area contributed by atoms with Crippen LogP contribution in [0, 0.1) is 6.92 Å². The second kappa shape index (κ2) is 7.34. The normalized spacial score (nSPS) is 19.3. The summed E-state index contributed by atoms with van der Waals surface area (Å²) in [6.07, 6.45) is 5.45. The van der Waals surface area contributed by atoms with Crippen molar-refractivity contribution < 1.29 is 4.74 Å². The van der Waals surface area contributed by atoms with E-state index in [0.29, 0.717) is 6.54 Å². The summed E-state index contributed by atoms with van der Waals surface area (Å²) in [4.78, 5) is 17.1. The summed E-state index contributed by atoms with van der Waals surface area (Å²) in [5.74, 6) is 0.857. The van der Waals surface area contributed by atoms with Crippen molar-refractivity contribution in [2.45, 2.75) is 62.5 Å². The molecule has 0 N–H and O–H groups in total. The summed E-state index contributed by atoms with van der Waals surface area (Å²) in [6.45, 7) is 3.59. The average Bonchev–Trinajstić information content (AvgIpc) is 3.27. The minimum Gasteiger partial charge on any atom is -0.376 e. The number of fused-ring (bicyclic) bond motifs is 1. The van der Waals surface area contributed by atoms with E-state index in [9.17, 15) is 4.79 Å². The minimum absolute atomic E-state index is 0.108. The van der Waals surface area contributed by atoms with Gasteiger partial charge < -0.3 is 4.74 Å². The molecule has 1 aromatic carbocycles. The number of benzene rings is 1. The van der Waals surface area contributed by atoms with E-state index in [-0.39, 0.29) is 11.8 Å². The molecule has 0 saturated carbocycles. The molecule has 0 bridgehead atoms. The number of rotatable bonds is 5. The molecule has 1 aliphatic heterocycles. The molecule has 4 nitrogen and oxygen atoms in total. The second-order valence-electron chi connectivity index (χ2n) is 7.00. The van der Waals surface area contributed by atoms with Gasteiger partial charge in [0.2, 0.25) is 0 Å². The standard InChI is InChI=1S/C20H24N2O2S/c1-14-5-2-6-15(11-14)13-25-19-17-8-3-9-18(17)22(20(23)21-19)12-16-7-4-10-24-16/h2,5-6,11,16H,3-4,7-10,12-13H2,1H3. The van der Waals surface area contributed by atoms with Gasteiger partial charge in [-0.25, -0.2) is 4.79 Å². The van der Waals surface area contributed by atoms with Crippen LogP contribution in [0.1, 0.15) is 41.6 Å². The van der Waals surface area contributed by atoms with E-state index in [1.807, 2.05) is 4.57 Å². The van der Waals surface area contributed by atoms with E-state index >= 15 is 0 Å². The van der Waals surface area contributed by atoms with E-state index in [0.717, 1.165) is 49.5 Å². The molecular formula is C20H24N2O2S. The van der Waals surface area contributed by atoms with Crippen LogP contribution in [-0.4, -0.2) is 22.3 Å². The molecule has 1 unspecified atom stereocenters. The molecule has 1 aliphatic carbocycles. The number of nitrogens with zero attached hydrogens (tertiary/aromatic N) is 2. The van der Waals surface area contributed by atoms with Gasteiger partial charge in [0.1, 0.15) is 5.03 Å². The van der Waals surface area contributed by atoms with Gasteiger partial charge in [-0.1, -0.05) is 29.8 Å². The predicted molar refractivity (Wildman–Crippen MR) is 100 cm³/mol. The Balaban J connectivity index is 1.58. The quantitative estimate of drug-likeness (QED) is 0.607. The lowest BCUT2D eigenvalue weighted by molar-refractivity contribution is 0.0950. The molecule has 25 heavy (non-hydrogen) atoms. The van der Waals surface area contributed by atoms with Gasteiger partial charge in [-0.05, 0) is 44.6 Å². The Morgan fingerprint density at radius 3 is 3.04 bits per heavy atom. The van der Waals surface area contributed by atoms with Crippen molar-refractivity contribution in [2.75, 3.05) is 6.61 Å². The Labute approximate surface area is 152 Å². The monoisotopic (exact) mass is 356 g/mol. The number of aryl methyl sites for hydroxylation is 1. The molecule has 0 spiro atoms. The van der Waals surface area contributed by atoms with Crippen LogP contribution in [0.5, 0.6) is 0 Å². The fraction of sp³-hybridized carbons (Fsp3) is 0.500. The van der Waals surface area contributed by atoms with Crippen LogP contribution < -0.4 is 5.69 Å². The van der Waals surface area contributed by atoms with Crippen molar-refractivity contribution in [3.63, 3.8) is 0 Å². The molecule has 5 heteroatoms. The largest absolute Gasteiger partial charge is 0.376 e. The van der Waals surface area contributed by atoms with Gasteiger partial charge in [-0.15, -0.1) is 11.8 Å². The molecule has 1 fully saturated rings. The van der Waals surface area contributed by atoms with Gasteiger partial charge in [0, 0.05) is 23.6 Å². The van der Waals surface area contributed by atoms with Crippen LogP contribution in [0.4, 0.5) is 0 Å². The summed E-state index contributed by atoms with van der Waals surface area (Å²) in [6, 6.07) is 8.53. The van der Waals surface area contributed by atoms with Crippen LogP contribution in [0.15, 0.2) is 34.1 Å². The topological polar surface area (TPSA) is 44.1 Å². The summed E-state index contributed by atoms with van der Waals surface area (Å²) < 4.78 is 7.61. The van der Waals surface area contributed by atoms with Gasteiger partial charge in [0.15, 0.2) is 0 Å². The molecule has 1 saturated heterocycles. The maximum atomic E-state index is 12.6. The third-order valence-electron chi connectivity index (χ3n) is 5.07. The average molecular weight is 356 g/mol. The summed E-state index contributed by atoms with van der Waals surface area (Å²) in [5, 5.41) is 0.933. The number of ether oxygens (including phenoxy) is 1. The molecule has 1 atom stereocenters. The van der Waals surface area contributed by atoms with E-state index in [2.05, 4.69) is 36.2 Å². The van der Waals surface area contributed by atoms with Crippen molar-refractivity contribution in [1.29, 1.82) is 0 Å². The minimum atomic E-state index is -0.108. The lowest BCUT2D eigenvalue weighted by Crippen LogP contribution is -2.31. The lowest BCUT2D eigenvalue weighted by Gasteiger charge is -2.17. The van der Waals surface area contributed by atoms with Crippen molar-refractivity contribution in [1.82, 2.24) is 9.55 Å². The van der Waals surface area contributed by atoms with Gasteiger partial charge >= 0.3 is 5.69 Å². The second-order valence-corrected chi connectivity index (χ2v) is 7.97. The van der Waals surface area contributed by atoms with Gasteiger partial charge in [-0.3, -0.25) is 4.57 Å². The number of thioether (sulfide) groups is 1. The summed E-state index contributed by atoms with van der Waals surface area (Å²) in [7, 11) is 0. The maximum Gasteiger partial charge on any atom is 0.348 e. The van der Waals surface area contributed by atoms with Crippen molar-refractivity contribution in [3.8, 4) is 0 Å². The molecule has 132 valence electrons. The SMILES string of the molecule is Cc1cccc(CSc2nc(=O)n(CC3CCCO3)c3c2CCC3)c1. The highest BCUT2D eigenvalue weighted by Gasteiger charge is 2.25. The Kier molecular flexibility index (Phi) is 4.95. The molecule has 2 aromatic rings. The third-order valence-corrected chi connectivity index (χ3v) is 6.16. The molecule has 2 aliphatic rings. The maximum absolute atomic E-state index is 12.6. The number of hydrogen-bond donors (Lipinski definition) is 0. The first-order chi connectivity index (χ1) is 12.2. The third kappa shape index (κ3) is 3.67. The fourth-order valence-corrected chi connectivity index (χ4v) is 4.86. The highest BCUT2D eigenvalue weighted by atomic mass is 32.2. The molecule has 1 aromatic heterocycles. The Morgan fingerprint density at radius 1 is 1.32 bits per heavy atom. The van der Waals surface area contributed by atoms with E-state index in [1.54, 1.807) is 11.8 Å². The van der Waals surface area contributed by atoms with Crippen LogP contribution in [-0.2, 0) is 29.9 Å². The molecule has 0 radical (unpaired) electrons. The Bertz CT molecular complexity index is 825. The van der Waals surface area contributed by atoms with E-state index < -0.39 is 0 Å². The predicted octanol–water partition coefficient (Wildman–Crippen LogP) is 3.51. The van der Waals surface area contributed by atoms with Crippen molar-refractivity contribution in [3.05, 3.63) is 57.1 Å². The first-order valence-corrected chi connectivity index (χ1v) is 10.1. The highest BCUT2D eigenvalue weighted by molar-refractivity contribution is 7.98. The van der Waals surface area contributed by atoms with E-state index in [4.69, 9.17) is 4.74 Å². The smallest absolute Gasteiger partial charge is 0.348 e.